The van der Waals surface area contributed by atoms with Crippen LogP contribution in [0.25, 0.3) is 0 Å². The van der Waals surface area contributed by atoms with E-state index in [9.17, 15) is 0 Å². The standard InChI is InChI=1S/C12H18Cl2N2/c1-3-15-6-7-16(2)9-10-8-11(13)4-5-12(10)14/h4-5,8,15H,3,6-7,9H2,1-2H3. The Morgan fingerprint density at radius 1 is 1.31 bits per heavy atom. The number of nitrogens with one attached hydrogen (secondary N) is 1. The fraction of sp³-hybridized carbons (Fsp3) is 0.500. The Morgan fingerprint density at radius 3 is 2.75 bits per heavy atom. The summed E-state index contributed by atoms with van der Waals surface area (Å²) >= 11 is 12.0. The molecule has 0 spiro atoms. The molecule has 0 saturated carbocycles. The molecule has 4 heteroatoms. The van der Waals surface area contributed by atoms with Crippen molar-refractivity contribution in [2.75, 3.05) is 26.7 Å². The summed E-state index contributed by atoms with van der Waals surface area (Å²) in [5.74, 6) is 0. The maximum absolute atomic E-state index is 6.10. The van der Waals surface area contributed by atoms with Crippen LogP contribution in [0.4, 0.5) is 0 Å². The first kappa shape index (κ1) is 13.8. The van der Waals surface area contributed by atoms with Crippen molar-refractivity contribution in [3.05, 3.63) is 33.8 Å². The van der Waals surface area contributed by atoms with E-state index in [1.807, 2.05) is 18.2 Å². The van der Waals surface area contributed by atoms with Crippen molar-refractivity contribution in [2.24, 2.45) is 0 Å². The number of halogens is 2. The second-order valence-corrected chi connectivity index (χ2v) is 4.67. The first-order valence-corrected chi connectivity index (χ1v) is 6.22. The summed E-state index contributed by atoms with van der Waals surface area (Å²) < 4.78 is 0. The number of nitrogens with zero attached hydrogens (tertiary/aromatic N) is 1. The number of likely N-dealkylation sites (N-methyl/N-ethyl adjacent to an activating group) is 2. The SMILES string of the molecule is CCNCCN(C)Cc1cc(Cl)ccc1Cl. The van der Waals surface area contributed by atoms with Crippen molar-refractivity contribution in [2.45, 2.75) is 13.5 Å². The van der Waals surface area contributed by atoms with Crippen LogP contribution in [-0.2, 0) is 6.54 Å². The molecule has 0 aliphatic heterocycles. The van der Waals surface area contributed by atoms with Gasteiger partial charge in [0.15, 0.2) is 0 Å². The maximum atomic E-state index is 6.10. The van der Waals surface area contributed by atoms with Gasteiger partial charge in [0.05, 0.1) is 0 Å². The molecule has 0 amide bonds. The predicted molar refractivity (Wildman–Crippen MR) is 71.3 cm³/mol. The highest BCUT2D eigenvalue weighted by Crippen LogP contribution is 2.21. The van der Waals surface area contributed by atoms with Gasteiger partial charge in [-0.05, 0) is 37.4 Å². The van der Waals surface area contributed by atoms with E-state index in [0.29, 0.717) is 0 Å². The third-order valence-electron chi connectivity index (χ3n) is 2.37. The molecule has 0 atom stereocenters. The Hall–Kier alpha value is -0.280. The second kappa shape index (κ2) is 7.13. The van der Waals surface area contributed by atoms with Gasteiger partial charge in [0.2, 0.25) is 0 Å². The van der Waals surface area contributed by atoms with E-state index in [0.717, 1.165) is 41.8 Å². The van der Waals surface area contributed by atoms with Crippen LogP contribution in [0, 0.1) is 0 Å². The molecule has 16 heavy (non-hydrogen) atoms. The van der Waals surface area contributed by atoms with Gasteiger partial charge in [0.1, 0.15) is 0 Å². The second-order valence-electron chi connectivity index (χ2n) is 3.83. The number of hydrogen-bond donors (Lipinski definition) is 1. The summed E-state index contributed by atoms with van der Waals surface area (Å²) in [6.07, 6.45) is 0. The van der Waals surface area contributed by atoms with Gasteiger partial charge in [-0.15, -0.1) is 0 Å². The average Bonchev–Trinajstić information content (AvgIpc) is 2.24. The summed E-state index contributed by atoms with van der Waals surface area (Å²) in [6.45, 7) is 5.92. The van der Waals surface area contributed by atoms with Crippen LogP contribution in [0.3, 0.4) is 0 Å². The van der Waals surface area contributed by atoms with Crippen LogP contribution in [0.1, 0.15) is 12.5 Å². The molecule has 0 unspecified atom stereocenters. The molecule has 2 nitrogen and oxygen atoms in total. The monoisotopic (exact) mass is 260 g/mol. The molecule has 0 heterocycles. The van der Waals surface area contributed by atoms with Gasteiger partial charge >= 0.3 is 0 Å². The third-order valence-corrected chi connectivity index (χ3v) is 2.97. The van der Waals surface area contributed by atoms with Gasteiger partial charge in [-0.3, -0.25) is 0 Å². The van der Waals surface area contributed by atoms with Crippen LogP contribution in [-0.4, -0.2) is 31.6 Å². The largest absolute Gasteiger partial charge is 0.316 e. The van der Waals surface area contributed by atoms with Crippen LogP contribution >= 0.6 is 23.2 Å². The molecular formula is C12H18Cl2N2. The minimum absolute atomic E-state index is 0.736. The molecule has 1 aromatic carbocycles. The van der Waals surface area contributed by atoms with E-state index in [2.05, 4.69) is 24.2 Å². The zero-order chi connectivity index (χ0) is 12.0. The van der Waals surface area contributed by atoms with Crippen molar-refractivity contribution in [1.82, 2.24) is 10.2 Å². The van der Waals surface area contributed by atoms with Gasteiger partial charge in [-0.1, -0.05) is 30.1 Å². The minimum atomic E-state index is 0.736. The van der Waals surface area contributed by atoms with E-state index < -0.39 is 0 Å². The molecule has 0 aromatic heterocycles. The minimum Gasteiger partial charge on any atom is -0.316 e. The van der Waals surface area contributed by atoms with E-state index in [-0.39, 0.29) is 0 Å². The lowest BCUT2D eigenvalue weighted by atomic mass is 10.2. The Morgan fingerprint density at radius 2 is 2.06 bits per heavy atom. The number of benzene rings is 1. The van der Waals surface area contributed by atoms with E-state index in [1.165, 1.54) is 0 Å². The topological polar surface area (TPSA) is 15.3 Å². The third kappa shape index (κ3) is 4.71. The summed E-state index contributed by atoms with van der Waals surface area (Å²) in [7, 11) is 2.08. The molecule has 1 rings (SSSR count). The lowest BCUT2D eigenvalue weighted by Gasteiger charge is -2.17. The summed E-state index contributed by atoms with van der Waals surface area (Å²) in [4.78, 5) is 2.22. The summed E-state index contributed by atoms with van der Waals surface area (Å²) in [6, 6.07) is 5.58. The summed E-state index contributed by atoms with van der Waals surface area (Å²) in [5, 5.41) is 4.80. The van der Waals surface area contributed by atoms with Crippen molar-refractivity contribution in [3.8, 4) is 0 Å². The Kier molecular flexibility index (Phi) is 6.14. The Bertz CT molecular complexity index is 329. The first-order valence-electron chi connectivity index (χ1n) is 5.46. The van der Waals surface area contributed by atoms with Gasteiger partial charge < -0.3 is 10.2 Å². The molecule has 1 N–H and O–H groups in total. The molecule has 0 saturated heterocycles. The molecule has 90 valence electrons. The predicted octanol–water partition coefficient (Wildman–Crippen LogP) is 3.03. The van der Waals surface area contributed by atoms with Crippen molar-refractivity contribution >= 4 is 23.2 Å². The van der Waals surface area contributed by atoms with E-state index in [1.54, 1.807) is 0 Å². The fourth-order valence-corrected chi connectivity index (χ4v) is 1.85. The molecule has 0 bridgehead atoms. The lowest BCUT2D eigenvalue weighted by molar-refractivity contribution is 0.326. The van der Waals surface area contributed by atoms with Gasteiger partial charge in [-0.25, -0.2) is 0 Å². The van der Waals surface area contributed by atoms with Gasteiger partial charge in [-0.2, -0.15) is 0 Å². The van der Waals surface area contributed by atoms with Crippen LogP contribution in [0.2, 0.25) is 10.0 Å². The Labute approximate surface area is 108 Å². The Balaban J connectivity index is 2.48. The molecule has 0 fully saturated rings. The van der Waals surface area contributed by atoms with Crippen LogP contribution in [0.5, 0.6) is 0 Å². The zero-order valence-electron chi connectivity index (χ0n) is 9.76. The zero-order valence-corrected chi connectivity index (χ0v) is 11.3. The number of rotatable bonds is 6. The van der Waals surface area contributed by atoms with E-state index in [4.69, 9.17) is 23.2 Å². The van der Waals surface area contributed by atoms with Gasteiger partial charge in [0, 0.05) is 29.7 Å². The molecule has 0 radical (unpaired) electrons. The molecule has 1 aromatic rings. The number of hydrogen-bond acceptors (Lipinski definition) is 2. The normalized spacial score (nSPS) is 11.1. The fourth-order valence-electron chi connectivity index (χ4n) is 1.48. The van der Waals surface area contributed by atoms with Crippen LogP contribution in [0.15, 0.2) is 18.2 Å². The quantitative estimate of drug-likeness (QED) is 0.792. The van der Waals surface area contributed by atoms with Crippen molar-refractivity contribution in [1.29, 1.82) is 0 Å². The van der Waals surface area contributed by atoms with Gasteiger partial charge in [0.25, 0.3) is 0 Å². The average molecular weight is 261 g/mol. The molecule has 0 aliphatic rings. The first-order chi connectivity index (χ1) is 7.63. The lowest BCUT2D eigenvalue weighted by Crippen LogP contribution is -2.28. The van der Waals surface area contributed by atoms with Crippen molar-refractivity contribution < 1.29 is 0 Å². The molecule has 0 aliphatic carbocycles. The highest BCUT2D eigenvalue weighted by Gasteiger charge is 2.04. The highest BCUT2D eigenvalue weighted by molar-refractivity contribution is 6.33. The van der Waals surface area contributed by atoms with Crippen LogP contribution < -0.4 is 5.32 Å². The smallest absolute Gasteiger partial charge is 0.0452 e. The van der Waals surface area contributed by atoms with E-state index >= 15 is 0 Å². The molecular weight excluding hydrogens is 243 g/mol. The van der Waals surface area contributed by atoms with Crippen molar-refractivity contribution in [3.63, 3.8) is 0 Å². The highest BCUT2D eigenvalue weighted by atomic mass is 35.5. The summed E-state index contributed by atoms with van der Waals surface area (Å²) in [5.41, 5.74) is 1.08. The maximum Gasteiger partial charge on any atom is 0.0452 e.